The highest BCUT2D eigenvalue weighted by molar-refractivity contribution is 6.30. The maximum absolute atomic E-state index is 6.13. The Bertz CT molecular complexity index is 1600. The summed E-state index contributed by atoms with van der Waals surface area (Å²) in [5.74, 6) is 0.368. The van der Waals surface area contributed by atoms with E-state index in [9.17, 15) is 0 Å². The highest BCUT2D eigenvalue weighted by atomic mass is 35.5. The van der Waals surface area contributed by atoms with Crippen molar-refractivity contribution in [2.24, 2.45) is 4.99 Å². The molecule has 3 aromatic carbocycles. The number of para-hydroxylation sites is 2. The van der Waals surface area contributed by atoms with Gasteiger partial charge in [0.25, 0.3) is 0 Å². The van der Waals surface area contributed by atoms with Gasteiger partial charge in [0, 0.05) is 77.9 Å². The van der Waals surface area contributed by atoms with Gasteiger partial charge in [-0.2, -0.15) is 0 Å². The van der Waals surface area contributed by atoms with E-state index in [1.807, 2.05) is 24.7 Å². The number of aromatic nitrogens is 2. The lowest BCUT2D eigenvalue weighted by atomic mass is 9.92. The molecule has 0 saturated heterocycles. The Morgan fingerprint density at radius 2 is 1.69 bits per heavy atom. The molecular formula is C31H29ClN4. The summed E-state index contributed by atoms with van der Waals surface area (Å²) in [4.78, 5) is 4.14. The van der Waals surface area contributed by atoms with Crippen LogP contribution in [0, 0.1) is 6.92 Å². The summed E-state index contributed by atoms with van der Waals surface area (Å²) < 4.78 is 4.66. The Hall–Kier alpha value is -3.60. The van der Waals surface area contributed by atoms with Gasteiger partial charge in [0.05, 0.1) is 5.52 Å². The molecule has 5 aromatic rings. The van der Waals surface area contributed by atoms with E-state index in [4.69, 9.17) is 11.6 Å². The maximum atomic E-state index is 6.13. The molecule has 4 nitrogen and oxygen atoms in total. The topological polar surface area (TPSA) is 34.2 Å². The van der Waals surface area contributed by atoms with Crippen LogP contribution in [0.4, 0.5) is 0 Å². The van der Waals surface area contributed by atoms with Gasteiger partial charge in [0.15, 0.2) is 0 Å². The Morgan fingerprint density at radius 1 is 0.917 bits per heavy atom. The fourth-order valence-corrected chi connectivity index (χ4v) is 5.72. The van der Waals surface area contributed by atoms with Crippen LogP contribution in [0.25, 0.3) is 28.0 Å². The van der Waals surface area contributed by atoms with Crippen molar-refractivity contribution < 1.29 is 0 Å². The fourth-order valence-electron chi connectivity index (χ4n) is 5.49. The van der Waals surface area contributed by atoms with Crippen molar-refractivity contribution >= 4 is 45.8 Å². The largest absolute Gasteiger partial charge is 0.343 e. The smallest absolute Gasteiger partial charge is 0.0526 e. The molecule has 1 unspecified atom stereocenters. The van der Waals surface area contributed by atoms with Crippen LogP contribution >= 0.6 is 11.6 Å². The lowest BCUT2D eigenvalue weighted by molar-refractivity contribution is 0.646. The first-order valence-corrected chi connectivity index (χ1v) is 12.9. The third-order valence-electron chi connectivity index (χ3n) is 7.20. The lowest BCUT2D eigenvalue weighted by Gasteiger charge is -2.19. The van der Waals surface area contributed by atoms with Crippen molar-refractivity contribution in [1.82, 2.24) is 14.5 Å². The number of fused-ring (bicyclic) bond motifs is 6. The first-order chi connectivity index (χ1) is 17.7. The Morgan fingerprint density at radius 3 is 2.53 bits per heavy atom. The fraction of sp³-hybridized carbons (Fsp3) is 0.194. The molecule has 180 valence electrons. The van der Waals surface area contributed by atoms with Crippen LogP contribution in [0.1, 0.15) is 28.4 Å². The zero-order chi connectivity index (χ0) is 24.5. The second kappa shape index (κ2) is 9.81. The van der Waals surface area contributed by atoms with Crippen LogP contribution in [0.3, 0.4) is 0 Å². The van der Waals surface area contributed by atoms with Gasteiger partial charge >= 0.3 is 0 Å². The Balaban J connectivity index is 0.000000147. The molecule has 0 saturated carbocycles. The number of hydrogen-bond acceptors (Lipinski definition) is 2. The van der Waals surface area contributed by atoms with Gasteiger partial charge in [-0.25, -0.2) is 0 Å². The second-order valence-corrected chi connectivity index (χ2v) is 9.87. The van der Waals surface area contributed by atoms with E-state index in [2.05, 4.69) is 99.2 Å². The maximum Gasteiger partial charge on any atom is 0.0526 e. The van der Waals surface area contributed by atoms with Gasteiger partial charge in [-0.1, -0.05) is 54.1 Å². The van der Waals surface area contributed by atoms with Crippen molar-refractivity contribution in [3.8, 4) is 0 Å². The minimum atomic E-state index is 0.368. The van der Waals surface area contributed by atoms with Crippen molar-refractivity contribution in [2.45, 2.75) is 25.8 Å². The summed E-state index contributed by atoms with van der Waals surface area (Å²) in [6.07, 6.45) is 6.69. The molecule has 1 atom stereocenters. The van der Waals surface area contributed by atoms with E-state index in [0.717, 1.165) is 31.1 Å². The summed E-state index contributed by atoms with van der Waals surface area (Å²) in [6.45, 7) is 5.15. The van der Waals surface area contributed by atoms with Crippen molar-refractivity contribution in [3.63, 3.8) is 0 Å². The zero-order valence-electron chi connectivity index (χ0n) is 20.4. The van der Waals surface area contributed by atoms with Crippen molar-refractivity contribution in [1.29, 1.82) is 0 Å². The number of halogens is 1. The summed E-state index contributed by atoms with van der Waals surface area (Å²) in [7, 11) is 0. The monoisotopic (exact) mass is 492 g/mol. The van der Waals surface area contributed by atoms with Crippen molar-refractivity contribution in [3.05, 3.63) is 113 Å². The minimum Gasteiger partial charge on any atom is -0.343 e. The van der Waals surface area contributed by atoms with Gasteiger partial charge < -0.3 is 14.5 Å². The van der Waals surface area contributed by atoms with E-state index in [1.165, 1.54) is 44.3 Å². The van der Waals surface area contributed by atoms with E-state index < -0.39 is 0 Å². The van der Waals surface area contributed by atoms with Crippen LogP contribution in [0.15, 0.2) is 90.1 Å². The van der Waals surface area contributed by atoms with Crippen LogP contribution < -0.4 is 5.32 Å². The van der Waals surface area contributed by atoms with Gasteiger partial charge in [-0.3, -0.25) is 4.99 Å². The number of aryl methyl sites for hydroxylation is 1. The predicted octanol–water partition coefficient (Wildman–Crippen LogP) is 7.03. The molecular weight excluding hydrogens is 464 g/mol. The molecule has 0 fully saturated rings. The summed E-state index contributed by atoms with van der Waals surface area (Å²) >= 11 is 6.13. The quantitative estimate of drug-likeness (QED) is 0.267. The first kappa shape index (κ1) is 22.8. The van der Waals surface area contributed by atoms with Crippen LogP contribution in [0.2, 0.25) is 5.02 Å². The van der Waals surface area contributed by atoms with Crippen LogP contribution in [-0.4, -0.2) is 28.4 Å². The van der Waals surface area contributed by atoms with Gasteiger partial charge in [0.2, 0.25) is 0 Å². The van der Waals surface area contributed by atoms with Crippen LogP contribution in [-0.2, 0) is 13.0 Å². The number of rotatable bonds is 1. The molecule has 4 heterocycles. The van der Waals surface area contributed by atoms with E-state index in [0.29, 0.717) is 5.92 Å². The molecule has 2 aliphatic heterocycles. The van der Waals surface area contributed by atoms with E-state index >= 15 is 0 Å². The average Bonchev–Trinajstić information content (AvgIpc) is 3.23. The molecule has 7 rings (SSSR count). The molecule has 0 spiro atoms. The number of nitrogens with one attached hydrogen (secondary N) is 1. The number of nitrogens with zero attached hydrogens (tertiary/aromatic N) is 3. The van der Waals surface area contributed by atoms with E-state index in [-0.39, 0.29) is 0 Å². The van der Waals surface area contributed by atoms with Gasteiger partial charge in [-0.05, 0) is 59.8 Å². The third kappa shape index (κ3) is 4.27. The van der Waals surface area contributed by atoms with Gasteiger partial charge in [-0.15, -0.1) is 0 Å². The molecule has 2 aliphatic rings. The SMILES string of the molecule is C1=Cn2c(cc3ccccc32)CC=N1.Cc1cc(Cl)ccc1C1CNCCn2c1cc1ccccc12. The standard InChI is InChI=1S/C19H19ClN2.C12H10N2/c1-13-10-15(20)6-7-16(13)17-12-21-8-9-22-18-5-3-2-4-14(18)11-19(17)22;1-2-4-12-10(3-1)9-11-5-6-13-7-8-14(11)12/h2-7,10-11,17,21H,8-9,12H2,1H3;1-4,6-9H,5H2. The lowest BCUT2D eigenvalue weighted by Crippen LogP contribution is -2.21. The molecule has 1 N–H and O–H groups in total. The molecule has 0 aliphatic carbocycles. The number of hydrogen-bond donors (Lipinski definition) is 1. The summed E-state index contributed by atoms with van der Waals surface area (Å²) in [6, 6.07) is 27.9. The molecule has 0 radical (unpaired) electrons. The van der Waals surface area contributed by atoms with Gasteiger partial charge in [0.1, 0.15) is 0 Å². The molecule has 36 heavy (non-hydrogen) atoms. The Kier molecular flexibility index (Phi) is 6.22. The average molecular weight is 493 g/mol. The molecule has 0 bridgehead atoms. The highest BCUT2D eigenvalue weighted by Gasteiger charge is 2.23. The predicted molar refractivity (Wildman–Crippen MR) is 152 cm³/mol. The van der Waals surface area contributed by atoms with E-state index in [1.54, 1.807) is 0 Å². The Labute approximate surface area is 216 Å². The first-order valence-electron chi connectivity index (χ1n) is 12.5. The zero-order valence-corrected chi connectivity index (χ0v) is 21.1. The molecule has 5 heteroatoms. The third-order valence-corrected chi connectivity index (χ3v) is 7.44. The van der Waals surface area contributed by atoms with Crippen LogP contribution in [0.5, 0.6) is 0 Å². The number of benzene rings is 3. The molecule has 2 aromatic heterocycles. The summed E-state index contributed by atoms with van der Waals surface area (Å²) in [5, 5.41) is 7.01. The second-order valence-electron chi connectivity index (χ2n) is 9.44. The minimum absolute atomic E-state index is 0.368. The highest BCUT2D eigenvalue weighted by Crippen LogP contribution is 2.33. The number of aliphatic imine (C=N–C) groups is 1. The van der Waals surface area contributed by atoms with Crippen molar-refractivity contribution in [2.75, 3.05) is 13.1 Å². The molecule has 0 amide bonds. The normalized spacial score (nSPS) is 16.7. The summed E-state index contributed by atoms with van der Waals surface area (Å²) in [5.41, 5.74) is 7.91.